The highest BCUT2D eigenvalue weighted by molar-refractivity contribution is 7.17. The standard InChI is InChI=1S/C13H28P/c1-6-9-10-12(14)13(4,5)11(7-2)8-3/h12H,6-10,14H2,1-5H3. The van der Waals surface area contributed by atoms with Gasteiger partial charge in [-0.1, -0.05) is 47.5 Å². The molecular weight excluding hydrogens is 187 g/mol. The minimum atomic E-state index is 0.406. The Morgan fingerprint density at radius 2 is 1.64 bits per heavy atom. The molecule has 2 unspecified atom stereocenters. The van der Waals surface area contributed by atoms with Crippen molar-refractivity contribution in [2.75, 3.05) is 0 Å². The first kappa shape index (κ1) is 14.4. The SMILES string of the molecule is CCCCC(P)C(C)(C)[C](CC)CC. The summed E-state index contributed by atoms with van der Waals surface area (Å²) >= 11 is 0. The molecular formula is C13H28P. The van der Waals surface area contributed by atoms with Gasteiger partial charge in [-0.2, -0.15) is 0 Å². The molecule has 0 aliphatic heterocycles. The van der Waals surface area contributed by atoms with Gasteiger partial charge in [-0.3, -0.25) is 0 Å². The maximum atomic E-state index is 3.06. The van der Waals surface area contributed by atoms with Gasteiger partial charge in [0.05, 0.1) is 0 Å². The van der Waals surface area contributed by atoms with E-state index in [9.17, 15) is 0 Å². The van der Waals surface area contributed by atoms with Crippen molar-refractivity contribution in [3.63, 3.8) is 0 Å². The minimum absolute atomic E-state index is 0.406. The van der Waals surface area contributed by atoms with Crippen LogP contribution in [0, 0.1) is 11.3 Å². The number of unbranched alkanes of at least 4 members (excludes halogenated alkanes) is 1. The summed E-state index contributed by atoms with van der Waals surface area (Å²) < 4.78 is 0. The van der Waals surface area contributed by atoms with Crippen molar-refractivity contribution in [1.82, 2.24) is 0 Å². The van der Waals surface area contributed by atoms with Crippen LogP contribution in [0.15, 0.2) is 0 Å². The predicted octanol–water partition coefficient (Wildman–Crippen LogP) is 4.84. The molecule has 0 bridgehead atoms. The lowest BCUT2D eigenvalue weighted by molar-refractivity contribution is 0.326. The summed E-state index contributed by atoms with van der Waals surface area (Å²) in [5.41, 5.74) is 1.15. The molecule has 0 aliphatic carbocycles. The topological polar surface area (TPSA) is 0 Å². The second-order valence-corrected chi connectivity index (χ2v) is 5.59. The van der Waals surface area contributed by atoms with Crippen molar-refractivity contribution in [2.24, 2.45) is 5.41 Å². The highest BCUT2D eigenvalue weighted by atomic mass is 31.0. The van der Waals surface area contributed by atoms with Crippen LogP contribution >= 0.6 is 9.24 Å². The molecule has 0 aliphatic rings. The quantitative estimate of drug-likeness (QED) is 0.533. The van der Waals surface area contributed by atoms with Crippen molar-refractivity contribution in [3.05, 3.63) is 5.92 Å². The molecule has 1 heteroatoms. The molecule has 0 saturated carbocycles. The molecule has 0 aromatic rings. The van der Waals surface area contributed by atoms with Gasteiger partial charge in [-0.15, -0.1) is 9.24 Å². The van der Waals surface area contributed by atoms with Crippen LogP contribution < -0.4 is 0 Å². The molecule has 0 amide bonds. The zero-order chi connectivity index (χ0) is 11.2. The predicted molar refractivity (Wildman–Crippen MR) is 70.6 cm³/mol. The molecule has 0 fully saturated rings. The van der Waals surface area contributed by atoms with Crippen LogP contribution in [0.1, 0.15) is 66.7 Å². The smallest absolute Gasteiger partial charge is 0.0184 e. The summed E-state index contributed by atoms with van der Waals surface area (Å²) in [6, 6.07) is 0. The Bertz CT molecular complexity index is 136. The van der Waals surface area contributed by atoms with E-state index in [1.54, 1.807) is 5.92 Å². The maximum Gasteiger partial charge on any atom is -0.0184 e. The summed E-state index contributed by atoms with van der Waals surface area (Å²) in [6.07, 6.45) is 6.49. The van der Waals surface area contributed by atoms with Gasteiger partial charge >= 0.3 is 0 Å². The van der Waals surface area contributed by atoms with Crippen molar-refractivity contribution in [3.8, 4) is 0 Å². The van der Waals surface area contributed by atoms with Crippen LogP contribution in [0.25, 0.3) is 0 Å². The van der Waals surface area contributed by atoms with E-state index in [4.69, 9.17) is 0 Å². The minimum Gasteiger partial charge on any atom is -0.134 e. The van der Waals surface area contributed by atoms with E-state index in [0.717, 1.165) is 5.66 Å². The van der Waals surface area contributed by atoms with E-state index in [1.165, 1.54) is 32.1 Å². The van der Waals surface area contributed by atoms with Crippen LogP contribution in [0.4, 0.5) is 0 Å². The second-order valence-electron chi connectivity index (χ2n) is 4.78. The van der Waals surface area contributed by atoms with E-state index in [0.29, 0.717) is 5.41 Å². The van der Waals surface area contributed by atoms with Crippen LogP contribution in [-0.4, -0.2) is 5.66 Å². The number of rotatable bonds is 7. The Morgan fingerprint density at radius 1 is 1.14 bits per heavy atom. The van der Waals surface area contributed by atoms with Crippen molar-refractivity contribution in [1.29, 1.82) is 0 Å². The Balaban J connectivity index is 4.25. The average Bonchev–Trinajstić information content (AvgIpc) is 2.15. The van der Waals surface area contributed by atoms with Gasteiger partial charge in [0.25, 0.3) is 0 Å². The van der Waals surface area contributed by atoms with Crippen molar-refractivity contribution < 1.29 is 0 Å². The molecule has 0 saturated heterocycles. The Hall–Kier alpha value is 0.430. The second kappa shape index (κ2) is 6.83. The van der Waals surface area contributed by atoms with Gasteiger partial charge in [-0.25, -0.2) is 0 Å². The molecule has 0 rings (SSSR count). The molecule has 0 spiro atoms. The lowest BCUT2D eigenvalue weighted by Gasteiger charge is -2.38. The highest BCUT2D eigenvalue weighted by Crippen LogP contribution is 2.42. The van der Waals surface area contributed by atoms with Crippen molar-refractivity contribution >= 4 is 9.24 Å². The maximum absolute atomic E-state index is 3.06. The van der Waals surface area contributed by atoms with Gasteiger partial charge < -0.3 is 0 Å². The van der Waals surface area contributed by atoms with Crippen LogP contribution in [-0.2, 0) is 0 Å². The number of hydrogen-bond donors (Lipinski definition) is 0. The van der Waals surface area contributed by atoms with Crippen LogP contribution in [0.5, 0.6) is 0 Å². The summed E-state index contributed by atoms with van der Waals surface area (Å²) in [4.78, 5) is 0. The van der Waals surface area contributed by atoms with Gasteiger partial charge in [0.15, 0.2) is 0 Å². The molecule has 0 heterocycles. The van der Waals surface area contributed by atoms with Crippen LogP contribution in [0.2, 0.25) is 0 Å². The molecule has 14 heavy (non-hydrogen) atoms. The first-order valence-electron chi connectivity index (χ1n) is 6.11. The fraction of sp³-hybridized carbons (Fsp3) is 0.923. The zero-order valence-electron chi connectivity index (χ0n) is 10.7. The third-order valence-electron chi connectivity index (χ3n) is 3.56. The van der Waals surface area contributed by atoms with Crippen molar-refractivity contribution in [2.45, 2.75) is 72.4 Å². The molecule has 0 aromatic heterocycles. The summed E-state index contributed by atoms with van der Waals surface area (Å²) in [7, 11) is 3.06. The Labute approximate surface area is 93.4 Å². The summed E-state index contributed by atoms with van der Waals surface area (Å²) in [5.74, 6) is 1.72. The fourth-order valence-corrected chi connectivity index (χ4v) is 2.68. The normalized spacial score (nSPS) is 14.8. The largest absolute Gasteiger partial charge is 0.134 e. The molecule has 0 nitrogen and oxygen atoms in total. The van der Waals surface area contributed by atoms with Gasteiger partial charge in [0.2, 0.25) is 0 Å². The first-order chi connectivity index (χ1) is 6.50. The van der Waals surface area contributed by atoms with E-state index in [-0.39, 0.29) is 0 Å². The lowest BCUT2D eigenvalue weighted by atomic mass is 9.72. The Morgan fingerprint density at radius 3 is 2.00 bits per heavy atom. The van der Waals surface area contributed by atoms with E-state index in [1.807, 2.05) is 0 Å². The van der Waals surface area contributed by atoms with E-state index in [2.05, 4.69) is 43.9 Å². The van der Waals surface area contributed by atoms with E-state index >= 15 is 0 Å². The summed E-state index contributed by atoms with van der Waals surface area (Å²) in [5, 5.41) is 0. The molecule has 1 radical (unpaired) electrons. The van der Waals surface area contributed by atoms with E-state index < -0.39 is 0 Å². The third kappa shape index (κ3) is 3.89. The molecule has 0 N–H and O–H groups in total. The molecule has 2 atom stereocenters. The monoisotopic (exact) mass is 215 g/mol. The lowest BCUT2D eigenvalue weighted by Crippen LogP contribution is -2.31. The molecule has 85 valence electrons. The van der Waals surface area contributed by atoms with Gasteiger partial charge in [-0.05, 0) is 36.3 Å². The van der Waals surface area contributed by atoms with Gasteiger partial charge in [0.1, 0.15) is 0 Å². The van der Waals surface area contributed by atoms with Crippen LogP contribution in [0.3, 0.4) is 0 Å². The summed E-state index contributed by atoms with van der Waals surface area (Å²) in [6.45, 7) is 11.7. The Kier molecular flexibility index (Phi) is 7.04. The zero-order valence-corrected chi connectivity index (χ0v) is 11.8. The number of hydrogen-bond acceptors (Lipinski definition) is 0. The average molecular weight is 215 g/mol. The third-order valence-corrected chi connectivity index (χ3v) is 4.73. The molecule has 0 aromatic carbocycles. The first-order valence-corrected chi connectivity index (χ1v) is 6.78. The highest BCUT2D eigenvalue weighted by Gasteiger charge is 2.32. The van der Waals surface area contributed by atoms with Gasteiger partial charge in [0, 0.05) is 0 Å². The fourth-order valence-electron chi connectivity index (χ4n) is 2.21.